The molecule has 2 atom stereocenters. The third-order valence-corrected chi connectivity index (χ3v) is 4.91. The number of rotatable bonds is 8. The first-order valence-corrected chi connectivity index (χ1v) is 9.41. The minimum Gasteiger partial charge on any atom is -0.493 e. The Bertz CT molecular complexity index is 1030. The van der Waals surface area contributed by atoms with E-state index in [0.29, 0.717) is 11.1 Å². The number of nitrogens with zero attached hydrogens (tertiary/aromatic N) is 1. The van der Waals surface area contributed by atoms with Crippen molar-refractivity contribution in [3.63, 3.8) is 0 Å². The summed E-state index contributed by atoms with van der Waals surface area (Å²) in [6, 6.07) is 18.4. The van der Waals surface area contributed by atoms with Crippen LogP contribution in [0.15, 0.2) is 66.7 Å². The molecule has 0 heterocycles. The van der Waals surface area contributed by atoms with Crippen molar-refractivity contribution < 1.29 is 18.8 Å². The number of hydrogen-bond donors (Lipinski definition) is 1. The maximum Gasteiger partial charge on any atom is 0.315 e. The van der Waals surface area contributed by atoms with E-state index >= 15 is 0 Å². The first-order chi connectivity index (χ1) is 14.4. The summed E-state index contributed by atoms with van der Waals surface area (Å²) in [6.45, 7) is 1.98. The van der Waals surface area contributed by atoms with E-state index in [1.807, 2.05) is 37.3 Å². The van der Waals surface area contributed by atoms with Crippen LogP contribution < -0.4 is 14.8 Å². The van der Waals surface area contributed by atoms with Crippen LogP contribution in [0.5, 0.6) is 11.5 Å². The lowest BCUT2D eigenvalue weighted by molar-refractivity contribution is -0.385. The zero-order chi connectivity index (χ0) is 21.7. The summed E-state index contributed by atoms with van der Waals surface area (Å²) in [5.74, 6) is -0.112. The van der Waals surface area contributed by atoms with Crippen molar-refractivity contribution in [3.8, 4) is 11.5 Å². The average molecular weight is 410 g/mol. The van der Waals surface area contributed by atoms with Gasteiger partial charge in [-0.2, -0.15) is 0 Å². The Hall–Kier alpha value is -3.45. The van der Waals surface area contributed by atoms with Gasteiger partial charge in [-0.25, -0.2) is 4.39 Å². The third kappa shape index (κ3) is 4.58. The van der Waals surface area contributed by atoms with Crippen molar-refractivity contribution in [2.75, 3.05) is 14.2 Å². The van der Waals surface area contributed by atoms with Crippen LogP contribution in [0.4, 0.5) is 10.1 Å². The molecule has 0 aliphatic rings. The highest BCUT2D eigenvalue weighted by Gasteiger charge is 2.26. The van der Waals surface area contributed by atoms with Crippen molar-refractivity contribution in [1.29, 1.82) is 0 Å². The molecule has 7 heteroatoms. The summed E-state index contributed by atoms with van der Waals surface area (Å²) < 4.78 is 24.5. The van der Waals surface area contributed by atoms with Gasteiger partial charge in [-0.05, 0) is 41.8 Å². The van der Waals surface area contributed by atoms with Crippen LogP contribution in [-0.2, 0) is 0 Å². The van der Waals surface area contributed by atoms with Crippen LogP contribution in [-0.4, -0.2) is 19.1 Å². The normalized spacial score (nSPS) is 12.8. The fourth-order valence-electron chi connectivity index (χ4n) is 3.43. The van der Waals surface area contributed by atoms with E-state index in [2.05, 4.69) is 5.32 Å². The molecule has 0 aromatic heterocycles. The second kappa shape index (κ2) is 9.37. The van der Waals surface area contributed by atoms with E-state index in [-0.39, 0.29) is 29.0 Å². The standard InChI is InChI=1S/C23H23FN2O4/c1-15(16-8-5-4-6-9-16)25-22(17-10-7-11-19(24)12-17)18-13-20(26(27)28)23(30-3)21(14-18)29-2/h4-15,22,25H,1-3H3/t15-,22?/m0/s1. The van der Waals surface area contributed by atoms with Gasteiger partial charge in [0.2, 0.25) is 5.75 Å². The van der Waals surface area contributed by atoms with Gasteiger partial charge in [0.25, 0.3) is 0 Å². The fraction of sp³-hybridized carbons (Fsp3) is 0.217. The van der Waals surface area contributed by atoms with Crippen LogP contribution in [0, 0.1) is 15.9 Å². The second-order valence-electron chi connectivity index (χ2n) is 6.82. The van der Waals surface area contributed by atoms with Gasteiger partial charge < -0.3 is 9.47 Å². The van der Waals surface area contributed by atoms with Crippen LogP contribution in [0.3, 0.4) is 0 Å². The molecule has 30 heavy (non-hydrogen) atoms. The largest absolute Gasteiger partial charge is 0.493 e. The summed E-state index contributed by atoms with van der Waals surface area (Å²) >= 11 is 0. The lowest BCUT2D eigenvalue weighted by Gasteiger charge is -2.25. The molecule has 0 aliphatic carbocycles. The van der Waals surface area contributed by atoms with E-state index in [1.54, 1.807) is 18.2 Å². The Labute approximate surface area is 174 Å². The minimum absolute atomic E-state index is 0.0420. The van der Waals surface area contributed by atoms with E-state index in [9.17, 15) is 14.5 Å². The van der Waals surface area contributed by atoms with Gasteiger partial charge in [0.1, 0.15) is 5.82 Å². The Morgan fingerprint density at radius 1 is 0.933 bits per heavy atom. The second-order valence-corrected chi connectivity index (χ2v) is 6.82. The Morgan fingerprint density at radius 3 is 2.23 bits per heavy atom. The van der Waals surface area contributed by atoms with Crippen LogP contribution >= 0.6 is 0 Å². The van der Waals surface area contributed by atoms with Gasteiger partial charge in [-0.1, -0.05) is 42.5 Å². The van der Waals surface area contributed by atoms with Crippen molar-refractivity contribution in [2.45, 2.75) is 19.0 Å². The monoisotopic (exact) mass is 410 g/mol. The molecule has 3 aromatic carbocycles. The number of nitrogens with one attached hydrogen (secondary N) is 1. The Balaban J connectivity index is 2.12. The average Bonchev–Trinajstić information content (AvgIpc) is 2.76. The maximum atomic E-state index is 14.0. The van der Waals surface area contributed by atoms with Gasteiger partial charge in [-0.3, -0.25) is 15.4 Å². The molecule has 0 spiro atoms. The number of benzene rings is 3. The van der Waals surface area contributed by atoms with Gasteiger partial charge in [0.15, 0.2) is 5.75 Å². The van der Waals surface area contributed by atoms with Gasteiger partial charge in [-0.15, -0.1) is 0 Å². The molecule has 0 aliphatic heterocycles. The van der Waals surface area contributed by atoms with Gasteiger partial charge in [0.05, 0.1) is 25.2 Å². The highest BCUT2D eigenvalue weighted by molar-refractivity contribution is 5.59. The first kappa shape index (κ1) is 21.3. The predicted molar refractivity (Wildman–Crippen MR) is 112 cm³/mol. The summed E-state index contributed by atoms with van der Waals surface area (Å²) in [6.07, 6.45) is 0. The van der Waals surface area contributed by atoms with E-state index in [4.69, 9.17) is 9.47 Å². The zero-order valence-corrected chi connectivity index (χ0v) is 17.0. The molecule has 1 N–H and O–H groups in total. The van der Waals surface area contributed by atoms with Crippen LogP contribution in [0.25, 0.3) is 0 Å². The molecular formula is C23H23FN2O4. The zero-order valence-electron chi connectivity index (χ0n) is 17.0. The van der Waals surface area contributed by atoms with Crippen molar-refractivity contribution in [3.05, 3.63) is 99.4 Å². The van der Waals surface area contributed by atoms with E-state index in [1.165, 1.54) is 32.4 Å². The summed E-state index contributed by atoms with van der Waals surface area (Å²) in [4.78, 5) is 11.1. The molecule has 3 rings (SSSR count). The van der Waals surface area contributed by atoms with E-state index < -0.39 is 11.0 Å². The van der Waals surface area contributed by atoms with Crippen LogP contribution in [0.1, 0.15) is 35.7 Å². The maximum absolute atomic E-state index is 14.0. The predicted octanol–water partition coefficient (Wildman–Crippen LogP) is 5.19. The van der Waals surface area contributed by atoms with Crippen molar-refractivity contribution in [1.82, 2.24) is 5.32 Å². The highest BCUT2D eigenvalue weighted by Crippen LogP contribution is 2.41. The number of ether oxygens (including phenoxy) is 2. The topological polar surface area (TPSA) is 73.6 Å². The number of methoxy groups -OCH3 is 2. The molecule has 0 amide bonds. The van der Waals surface area contributed by atoms with Gasteiger partial charge in [0, 0.05) is 12.1 Å². The lowest BCUT2D eigenvalue weighted by atomic mass is 9.95. The van der Waals surface area contributed by atoms with E-state index in [0.717, 1.165) is 5.56 Å². The smallest absolute Gasteiger partial charge is 0.315 e. The SMILES string of the molecule is COc1cc(C(N[C@@H](C)c2ccccc2)c2cccc(F)c2)cc([N+](=O)[O-])c1OC. The van der Waals surface area contributed by atoms with Crippen molar-refractivity contribution >= 4 is 5.69 Å². The molecule has 0 radical (unpaired) electrons. The molecular weight excluding hydrogens is 387 g/mol. The molecule has 0 fully saturated rings. The Morgan fingerprint density at radius 2 is 1.63 bits per heavy atom. The quantitative estimate of drug-likeness (QED) is 0.409. The molecule has 156 valence electrons. The Kier molecular flexibility index (Phi) is 6.64. The lowest BCUT2D eigenvalue weighted by Crippen LogP contribution is -2.26. The molecule has 6 nitrogen and oxygen atoms in total. The summed E-state index contributed by atoms with van der Waals surface area (Å²) in [5.41, 5.74) is 2.02. The summed E-state index contributed by atoms with van der Waals surface area (Å²) in [7, 11) is 2.77. The third-order valence-electron chi connectivity index (χ3n) is 4.91. The van der Waals surface area contributed by atoms with Crippen molar-refractivity contribution in [2.24, 2.45) is 0 Å². The molecule has 0 saturated heterocycles. The fourth-order valence-corrected chi connectivity index (χ4v) is 3.43. The van der Waals surface area contributed by atoms with Gasteiger partial charge >= 0.3 is 5.69 Å². The number of nitro benzene ring substituents is 1. The molecule has 1 unspecified atom stereocenters. The number of hydrogen-bond acceptors (Lipinski definition) is 5. The number of halogens is 1. The highest BCUT2D eigenvalue weighted by atomic mass is 19.1. The minimum atomic E-state index is -0.520. The molecule has 0 saturated carbocycles. The van der Waals surface area contributed by atoms with Crippen LogP contribution in [0.2, 0.25) is 0 Å². The number of nitro groups is 1. The summed E-state index contributed by atoms with van der Waals surface area (Å²) in [5, 5.41) is 15.1. The molecule has 0 bridgehead atoms. The first-order valence-electron chi connectivity index (χ1n) is 9.41. The molecule has 3 aromatic rings.